The lowest BCUT2D eigenvalue weighted by atomic mass is 9.98. The molecule has 0 unspecified atom stereocenters. The Balaban J connectivity index is 1.66. The van der Waals surface area contributed by atoms with Gasteiger partial charge in [-0.2, -0.15) is 0 Å². The van der Waals surface area contributed by atoms with E-state index >= 15 is 0 Å². The second kappa shape index (κ2) is 12.2. The van der Waals surface area contributed by atoms with Crippen molar-refractivity contribution in [2.45, 2.75) is 38.0 Å². The van der Waals surface area contributed by atoms with Crippen LogP contribution in [0.25, 0.3) is 0 Å². The fourth-order valence-corrected chi connectivity index (χ4v) is 3.54. The van der Waals surface area contributed by atoms with E-state index in [4.69, 9.17) is 16.3 Å². The summed E-state index contributed by atoms with van der Waals surface area (Å²) < 4.78 is 5.46. The van der Waals surface area contributed by atoms with Gasteiger partial charge in [-0.25, -0.2) is 4.79 Å². The summed E-state index contributed by atoms with van der Waals surface area (Å²) >= 11 is 5.88. The van der Waals surface area contributed by atoms with E-state index in [2.05, 4.69) is 10.6 Å². The van der Waals surface area contributed by atoms with Crippen LogP contribution in [0.15, 0.2) is 66.7 Å². The Hall–Kier alpha value is -3.16. The van der Waals surface area contributed by atoms with Crippen molar-refractivity contribution in [2.24, 2.45) is 5.92 Å². The quantitative estimate of drug-likeness (QED) is 0.460. The van der Waals surface area contributed by atoms with E-state index in [9.17, 15) is 19.5 Å². The molecule has 8 heteroatoms. The molecule has 1 aliphatic rings. The number of hydrogen-bond acceptors (Lipinski definition) is 5. The molecule has 0 aromatic heterocycles. The second-order valence-corrected chi connectivity index (χ2v) is 8.28. The van der Waals surface area contributed by atoms with Crippen LogP contribution in [0.4, 0.5) is 0 Å². The van der Waals surface area contributed by atoms with Crippen molar-refractivity contribution in [2.75, 3.05) is 6.54 Å². The van der Waals surface area contributed by atoms with Crippen LogP contribution in [0, 0.1) is 5.92 Å². The lowest BCUT2D eigenvalue weighted by Gasteiger charge is -2.23. The summed E-state index contributed by atoms with van der Waals surface area (Å²) in [6.45, 7) is 0.367. The first-order valence-electron chi connectivity index (χ1n) is 10.8. The third kappa shape index (κ3) is 7.73. The van der Waals surface area contributed by atoms with Crippen LogP contribution in [0.5, 0.6) is 0 Å². The highest BCUT2D eigenvalue weighted by Gasteiger charge is 2.26. The van der Waals surface area contributed by atoms with Gasteiger partial charge in [0.15, 0.2) is 6.10 Å². The average Bonchev–Trinajstić information content (AvgIpc) is 2.82. The highest BCUT2D eigenvalue weighted by Crippen LogP contribution is 2.20. The summed E-state index contributed by atoms with van der Waals surface area (Å²) in [7, 11) is 0. The monoisotopic (exact) mass is 470 g/mol. The third-order valence-electron chi connectivity index (χ3n) is 5.32. The lowest BCUT2D eigenvalue weighted by Crippen LogP contribution is -2.38. The van der Waals surface area contributed by atoms with Crippen LogP contribution in [0.2, 0.25) is 5.02 Å². The van der Waals surface area contributed by atoms with Crippen molar-refractivity contribution < 1.29 is 24.2 Å². The number of aliphatic hydroxyl groups excluding tert-OH is 1. The molecule has 2 amide bonds. The van der Waals surface area contributed by atoms with Gasteiger partial charge >= 0.3 is 5.97 Å². The number of hydrogen-bond donors (Lipinski definition) is 3. The van der Waals surface area contributed by atoms with Crippen LogP contribution in [-0.4, -0.2) is 35.5 Å². The standard InChI is InChI=1S/C25H27ClN2O5/c26-20-12-10-17(11-13-20)15-27-23(30)14-19-8-4-5-9-21(29)25(32)33-22(16-28-24(19)31)18-6-2-1-3-7-18/h1-7,10-13,19,21-22,29H,8-9,14-16H2,(H,27,30)(H,28,31)/t19-,21-,22-/m0/s1. The summed E-state index contributed by atoms with van der Waals surface area (Å²) in [6, 6.07) is 16.1. The number of ether oxygens (including phenoxy) is 1. The van der Waals surface area contributed by atoms with Gasteiger partial charge in [0.25, 0.3) is 0 Å². The van der Waals surface area contributed by atoms with Crippen molar-refractivity contribution in [1.82, 2.24) is 10.6 Å². The normalized spacial score (nSPS) is 21.8. The maximum Gasteiger partial charge on any atom is 0.335 e. The van der Waals surface area contributed by atoms with Gasteiger partial charge in [0, 0.05) is 24.4 Å². The van der Waals surface area contributed by atoms with Gasteiger partial charge in [-0.3, -0.25) is 9.59 Å². The van der Waals surface area contributed by atoms with Gasteiger partial charge < -0.3 is 20.5 Å². The average molecular weight is 471 g/mol. The van der Waals surface area contributed by atoms with Crippen molar-refractivity contribution in [3.8, 4) is 0 Å². The van der Waals surface area contributed by atoms with Crippen molar-refractivity contribution in [1.29, 1.82) is 0 Å². The number of carbonyl (C=O) groups is 3. The van der Waals surface area contributed by atoms with Crippen molar-refractivity contribution in [3.05, 3.63) is 82.9 Å². The molecule has 33 heavy (non-hydrogen) atoms. The molecule has 0 radical (unpaired) electrons. The number of halogens is 1. The summed E-state index contributed by atoms with van der Waals surface area (Å²) in [5.74, 6) is -1.91. The molecule has 2 aromatic carbocycles. The van der Waals surface area contributed by atoms with Crippen LogP contribution in [-0.2, 0) is 25.7 Å². The summed E-state index contributed by atoms with van der Waals surface area (Å²) in [6.07, 6.45) is 1.64. The molecule has 0 spiro atoms. The predicted molar refractivity (Wildman–Crippen MR) is 124 cm³/mol. The first-order chi connectivity index (χ1) is 15.9. The van der Waals surface area contributed by atoms with E-state index < -0.39 is 24.1 Å². The van der Waals surface area contributed by atoms with Crippen LogP contribution in [0.3, 0.4) is 0 Å². The third-order valence-corrected chi connectivity index (χ3v) is 5.57. The van der Waals surface area contributed by atoms with Gasteiger partial charge in [0.05, 0.1) is 12.5 Å². The maximum absolute atomic E-state index is 12.9. The molecule has 0 aliphatic carbocycles. The van der Waals surface area contributed by atoms with Crippen LogP contribution >= 0.6 is 11.6 Å². The molecule has 0 saturated carbocycles. The van der Waals surface area contributed by atoms with Gasteiger partial charge in [0.2, 0.25) is 11.8 Å². The highest BCUT2D eigenvalue weighted by molar-refractivity contribution is 6.30. The molecule has 7 nitrogen and oxygen atoms in total. The SMILES string of the molecule is O=C(C[C@@H]1CC=CC[C@H](O)C(=O)O[C@H](c2ccccc2)CNC1=O)NCc1ccc(Cl)cc1. The zero-order valence-electron chi connectivity index (χ0n) is 18.1. The Labute approximate surface area is 197 Å². The molecule has 1 heterocycles. The molecule has 3 rings (SSSR count). The minimum Gasteiger partial charge on any atom is -0.454 e. The van der Waals surface area contributed by atoms with E-state index in [1.165, 1.54) is 0 Å². The van der Waals surface area contributed by atoms with Gasteiger partial charge in [-0.15, -0.1) is 0 Å². The van der Waals surface area contributed by atoms with Gasteiger partial charge in [-0.1, -0.05) is 66.2 Å². The number of rotatable bonds is 5. The Morgan fingerprint density at radius 1 is 1.06 bits per heavy atom. The fourth-order valence-electron chi connectivity index (χ4n) is 3.42. The largest absolute Gasteiger partial charge is 0.454 e. The number of amides is 2. The number of aliphatic hydroxyl groups is 1. The molecule has 174 valence electrons. The molecule has 2 aromatic rings. The van der Waals surface area contributed by atoms with Crippen molar-refractivity contribution >= 4 is 29.4 Å². The van der Waals surface area contributed by atoms with Crippen molar-refractivity contribution in [3.63, 3.8) is 0 Å². The number of benzene rings is 2. The topological polar surface area (TPSA) is 105 Å². The van der Waals surface area contributed by atoms with E-state index in [-0.39, 0.29) is 31.2 Å². The summed E-state index contributed by atoms with van der Waals surface area (Å²) in [5, 5.41) is 16.3. The number of allylic oxidation sites excluding steroid dienone is 1. The molecular weight excluding hydrogens is 444 g/mol. The predicted octanol–water partition coefficient (Wildman–Crippen LogP) is 3.07. The smallest absolute Gasteiger partial charge is 0.335 e. The fraction of sp³-hybridized carbons (Fsp3) is 0.320. The Kier molecular flexibility index (Phi) is 9.04. The molecule has 3 atom stereocenters. The lowest BCUT2D eigenvalue weighted by molar-refractivity contribution is -0.159. The first-order valence-corrected chi connectivity index (χ1v) is 11.2. The van der Waals surface area contributed by atoms with E-state index in [0.717, 1.165) is 5.56 Å². The molecular formula is C25H27ClN2O5. The Morgan fingerprint density at radius 2 is 1.76 bits per heavy atom. The van der Waals surface area contributed by atoms with E-state index in [1.807, 2.05) is 18.2 Å². The van der Waals surface area contributed by atoms with Crippen LogP contribution < -0.4 is 10.6 Å². The number of cyclic esters (lactones) is 1. The molecule has 0 saturated heterocycles. The molecule has 3 N–H and O–H groups in total. The zero-order chi connectivity index (χ0) is 23.6. The Morgan fingerprint density at radius 3 is 2.48 bits per heavy atom. The van der Waals surface area contributed by atoms with Gasteiger partial charge in [0.1, 0.15) is 6.10 Å². The first kappa shape index (κ1) is 24.5. The minimum atomic E-state index is -1.30. The van der Waals surface area contributed by atoms with Crippen LogP contribution in [0.1, 0.15) is 36.5 Å². The summed E-state index contributed by atoms with van der Waals surface area (Å²) in [4.78, 5) is 37.6. The Bertz CT molecular complexity index is 978. The number of esters is 1. The van der Waals surface area contributed by atoms with E-state index in [1.54, 1.807) is 48.6 Å². The molecule has 0 bridgehead atoms. The molecule has 0 fully saturated rings. The molecule has 1 aliphatic heterocycles. The second-order valence-electron chi connectivity index (χ2n) is 7.84. The number of nitrogens with one attached hydrogen (secondary N) is 2. The summed E-state index contributed by atoms with van der Waals surface area (Å²) in [5.41, 5.74) is 1.60. The van der Waals surface area contributed by atoms with Gasteiger partial charge in [-0.05, 0) is 29.7 Å². The zero-order valence-corrected chi connectivity index (χ0v) is 18.8. The number of carbonyl (C=O) groups excluding carboxylic acids is 3. The highest BCUT2D eigenvalue weighted by atomic mass is 35.5. The van der Waals surface area contributed by atoms with E-state index in [0.29, 0.717) is 23.6 Å². The maximum atomic E-state index is 12.9. The minimum absolute atomic E-state index is 0.00209.